The SMILES string of the molecule is CNc1c(N)ncc(Oc2cnn3cc(OC)ncc23)c1Cl. The van der Waals surface area contributed by atoms with Crippen molar-refractivity contribution in [1.29, 1.82) is 0 Å². The van der Waals surface area contributed by atoms with E-state index >= 15 is 0 Å². The molecule has 0 radical (unpaired) electrons. The van der Waals surface area contributed by atoms with E-state index in [9.17, 15) is 0 Å². The number of nitrogen functional groups attached to an aromatic ring is 1. The third kappa shape index (κ3) is 2.33. The van der Waals surface area contributed by atoms with E-state index in [4.69, 9.17) is 26.8 Å². The number of anilines is 2. The van der Waals surface area contributed by atoms with E-state index in [0.29, 0.717) is 39.4 Å². The highest BCUT2D eigenvalue weighted by Crippen LogP contribution is 2.38. The van der Waals surface area contributed by atoms with Gasteiger partial charge in [0.25, 0.3) is 0 Å². The predicted molar refractivity (Wildman–Crippen MR) is 82.8 cm³/mol. The maximum atomic E-state index is 6.26. The van der Waals surface area contributed by atoms with Gasteiger partial charge >= 0.3 is 0 Å². The molecular formula is C13H13ClN6O2. The maximum Gasteiger partial charge on any atom is 0.232 e. The van der Waals surface area contributed by atoms with E-state index < -0.39 is 0 Å². The molecule has 0 bridgehead atoms. The fourth-order valence-corrected chi connectivity index (χ4v) is 2.22. The van der Waals surface area contributed by atoms with Gasteiger partial charge in [-0.05, 0) is 0 Å². The molecule has 0 unspecified atom stereocenters. The first-order valence-electron chi connectivity index (χ1n) is 6.31. The molecule has 3 N–H and O–H groups in total. The van der Waals surface area contributed by atoms with Crippen molar-refractivity contribution in [3.63, 3.8) is 0 Å². The minimum absolute atomic E-state index is 0.297. The van der Waals surface area contributed by atoms with E-state index in [-0.39, 0.29) is 0 Å². The summed E-state index contributed by atoms with van der Waals surface area (Å²) in [7, 11) is 3.24. The average molecular weight is 321 g/mol. The Labute approximate surface area is 130 Å². The summed E-state index contributed by atoms with van der Waals surface area (Å²) in [5, 5.41) is 7.41. The van der Waals surface area contributed by atoms with Gasteiger partial charge in [-0.15, -0.1) is 0 Å². The van der Waals surface area contributed by atoms with E-state index in [1.54, 1.807) is 30.2 Å². The lowest BCUT2D eigenvalue weighted by Crippen LogP contribution is -2.00. The van der Waals surface area contributed by atoms with Crippen molar-refractivity contribution in [1.82, 2.24) is 19.6 Å². The predicted octanol–water partition coefficient (Wildman–Crippen LogP) is 2.20. The van der Waals surface area contributed by atoms with Gasteiger partial charge in [-0.1, -0.05) is 11.6 Å². The van der Waals surface area contributed by atoms with Crippen molar-refractivity contribution in [3.05, 3.63) is 29.8 Å². The summed E-state index contributed by atoms with van der Waals surface area (Å²) < 4.78 is 12.4. The van der Waals surface area contributed by atoms with E-state index in [1.165, 1.54) is 13.3 Å². The van der Waals surface area contributed by atoms with Crippen LogP contribution >= 0.6 is 11.6 Å². The number of fused-ring (bicyclic) bond motifs is 1. The Morgan fingerprint density at radius 3 is 2.77 bits per heavy atom. The molecule has 3 aromatic heterocycles. The molecule has 0 aromatic carbocycles. The highest BCUT2D eigenvalue weighted by atomic mass is 35.5. The molecule has 0 amide bonds. The minimum Gasteiger partial charge on any atom is -0.480 e. The number of halogens is 1. The summed E-state index contributed by atoms with van der Waals surface area (Å²) in [6.45, 7) is 0. The standard InChI is InChI=1S/C13H13ClN6O2/c1-16-12-11(14)9(4-18-13(12)15)22-8-5-19-20-6-10(21-2)17-3-7(8)20/h3-6,16H,1-2H3,(H2,15,18). The summed E-state index contributed by atoms with van der Waals surface area (Å²) in [5.41, 5.74) is 6.92. The molecular weight excluding hydrogens is 308 g/mol. The van der Waals surface area contributed by atoms with Crippen LogP contribution in [0.15, 0.2) is 24.8 Å². The van der Waals surface area contributed by atoms with Crippen molar-refractivity contribution in [3.8, 4) is 17.4 Å². The summed E-state index contributed by atoms with van der Waals surface area (Å²) in [6.07, 6.45) is 6.25. The van der Waals surface area contributed by atoms with E-state index in [0.717, 1.165) is 0 Å². The van der Waals surface area contributed by atoms with Gasteiger partial charge in [0.2, 0.25) is 5.88 Å². The Bertz CT molecular complexity index is 835. The Kier molecular flexibility index (Phi) is 3.60. The molecule has 8 nitrogen and oxygen atoms in total. The Hall–Kier alpha value is -2.74. The number of pyridine rings is 1. The average Bonchev–Trinajstić information content (AvgIpc) is 2.92. The number of nitrogens with zero attached hydrogens (tertiary/aromatic N) is 4. The van der Waals surface area contributed by atoms with Crippen LogP contribution in [0.2, 0.25) is 5.02 Å². The molecule has 0 fully saturated rings. The number of hydrogen-bond donors (Lipinski definition) is 2. The highest BCUT2D eigenvalue weighted by molar-refractivity contribution is 6.35. The molecule has 0 saturated carbocycles. The van der Waals surface area contributed by atoms with Crippen LogP contribution in [0.5, 0.6) is 17.4 Å². The second-order valence-electron chi connectivity index (χ2n) is 4.32. The summed E-state index contributed by atoms with van der Waals surface area (Å²) in [6, 6.07) is 0. The molecule has 3 aromatic rings. The Balaban J connectivity index is 2.00. The van der Waals surface area contributed by atoms with Crippen LogP contribution in [-0.4, -0.2) is 33.7 Å². The van der Waals surface area contributed by atoms with Crippen molar-refractivity contribution in [2.75, 3.05) is 25.2 Å². The molecule has 0 aliphatic carbocycles. The van der Waals surface area contributed by atoms with Crippen LogP contribution in [-0.2, 0) is 0 Å². The smallest absolute Gasteiger partial charge is 0.232 e. The number of hydrogen-bond acceptors (Lipinski definition) is 7. The zero-order valence-electron chi connectivity index (χ0n) is 11.9. The van der Waals surface area contributed by atoms with Gasteiger partial charge in [0.05, 0.1) is 37.6 Å². The molecule has 22 heavy (non-hydrogen) atoms. The first kappa shape index (κ1) is 14.2. The van der Waals surface area contributed by atoms with Gasteiger partial charge in [0.1, 0.15) is 16.4 Å². The third-order valence-corrected chi connectivity index (χ3v) is 3.41. The highest BCUT2D eigenvalue weighted by Gasteiger charge is 2.14. The monoisotopic (exact) mass is 320 g/mol. The number of nitrogens with two attached hydrogens (primary N) is 1. The topological polar surface area (TPSA) is 99.6 Å². The van der Waals surface area contributed by atoms with Crippen LogP contribution in [0, 0.1) is 0 Å². The van der Waals surface area contributed by atoms with Crippen molar-refractivity contribution >= 4 is 28.6 Å². The normalized spacial score (nSPS) is 10.7. The molecule has 9 heteroatoms. The lowest BCUT2D eigenvalue weighted by Gasteiger charge is -2.11. The molecule has 0 saturated heterocycles. The van der Waals surface area contributed by atoms with Gasteiger partial charge in [-0.25, -0.2) is 14.5 Å². The second kappa shape index (κ2) is 5.57. The number of aromatic nitrogens is 4. The van der Waals surface area contributed by atoms with Gasteiger partial charge in [0.15, 0.2) is 11.5 Å². The lowest BCUT2D eigenvalue weighted by atomic mass is 10.3. The fourth-order valence-electron chi connectivity index (χ4n) is 1.94. The van der Waals surface area contributed by atoms with E-state index in [1.807, 2.05) is 0 Å². The van der Waals surface area contributed by atoms with Crippen molar-refractivity contribution < 1.29 is 9.47 Å². The van der Waals surface area contributed by atoms with Crippen molar-refractivity contribution in [2.24, 2.45) is 0 Å². The molecule has 0 atom stereocenters. The molecule has 3 heterocycles. The first-order valence-corrected chi connectivity index (χ1v) is 6.68. The largest absolute Gasteiger partial charge is 0.480 e. The summed E-state index contributed by atoms with van der Waals surface area (Å²) in [5.74, 6) is 1.61. The third-order valence-electron chi connectivity index (χ3n) is 3.04. The lowest BCUT2D eigenvalue weighted by molar-refractivity contribution is 0.394. The van der Waals surface area contributed by atoms with Crippen molar-refractivity contribution in [2.45, 2.75) is 0 Å². The minimum atomic E-state index is 0.297. The second-order valence-corrected chi connectivity index (χ2v) is 4.69. The number of methoxy groups -OCH3 is 1. The van der Waals surface area contributed by atoms with Gasteiger partial charge in [-0.3, -0.25) is 0 Å². The first-order chi connectivity index (χ1) is 10.6. The molecule has 0 aliphatic rings. The van der Waals surface area contributed by atoms with Gasteiger partial charge in [0, 0.05) is 7.05 Å². The van der Waals surface area contributed by atoms with Crippen LogP contribution in [0.25, 0.3) is 5.52 Å². The van der Waals surface area contributed by atoms with Crippen LogP contribution in [0.1, 0.15) is 0 Å². The number of ether oxygens (including phenoxy) is 2. The zero-order chi connectivity index (χ0) is 15.7. The van der Waals surface area contributed by atoms with Crippen LogP contribution < -0.4 is 20.5 Å². The number of nitrogens with one attached hydrogen (secondary N) is 1. The number of rotatable bonds is 4. The Morgan fingerprint density at radius 1 is 1.23 bits per heavy atom. The zero-order valence-corrected chi connectivity index (χ0v) is 12.6. The summed E-state index contributed by atoms with van der Waals surface area (Å²) in [4.78, 5) is 8.17. The van der Waals surface area contributed by atoms with Crippen LogP contribution in [0.4, 0.5) is 11.5 Å². The molecule has 0 spiro atoms. The maximum absolute atomic E-state index is 6.26. The van der Waals surface area contributed by atoms with Gasteiger partial charge < -0.3 is 20.5 Å². The van der Waals surface area contributed by atoms with Gasteiger partial charge in [-0.2, -0.15) is 5.10 Å². The van der Waals surface area contributed by atoms with E-state index in [2.05, 4.69) is 20.4 Å². The molecule has 3 rings (SSSR count). The summed E-state index contributed by atoms with van der Waals surface area (Å²) >= 11 is 6.26. The Morgan fingerprint density at radius 2 is 2.05 bits per heavy atom. The molecule has 114 valence electrons. The quantitative estimate of drug-likeness (QED) is 0.760. The van der Waals surface area contributed by atoms with Crippen LogP contribution in [0.3, 0.4) is 0 Å². The molecule has 0 aliphatic heterocycles. The fraction of sp³-hybridized carbons (Fsp3) is 0.154.